The maximum atomic E-state index is 14.0. The van der Waals surface area contributed by atoms with Crippen molar-refractivity contribution in [1.82, 2.24) is 4.90 Å². The molecule has 4 N–H and O–H groups in total. The third-order valence-corrected chi connectivity index (χ3v) is 6.63. The highest BCUT2D eigenvalue weighted by Gasteiger charge is 2.43. The lowest BCUT2D eigenvalue weighted by Crippen LogP contribution is -2.48. The molecule has 2 aliphatic rings. The van der Waals surface area contributed by atoms with E-state index in [1.165, 1.54) is 5.56 Å². The van der Waals surface area contributed by atoms with Crippen LogP contribution in [-0.2, 0) is 11.8 Å². The van der Waals surface area contributed by atoms with E-state index in [0.717, 1.165) is 56.0 Å². The van der Waals surface area contributed by atoms with Crippen LogP contribution in [0.2, 0.25) is 0 Å². The molecule has 5 heteroatoms. The van der Waals surface area contributed by atoms with E-state index in [-0.39, 0.29) is 12.1 Å². The molecule has 0 bridgehead atoms. The third-order valence-electron chi connectivity index (χ3n) is 6.63. The van der Waals surface area contributed by atoms with Crippen molar-refractivity contribution in [2.75, 3.05) is 43.9 Å². The van der Waals surface area contributed by atoms with Crippen LogP contribution < -0.4 is 11.1 Å². The number of nitrogens with one attached hydrogen (secondary N) is 1. The Morgan fingerprint density at radius 2 is 1.93 bits per heavy atom. The zero-order chi connectivity index (χ0) is 19.8. The average Bonchev–Trinajstić information content (AvgIpc) is 3.05. The molecule has 0 aliphatic carbocycles. The highest BCUT2D eigenvalue weighted by atomic mass is 19.1. The maximum absolute atomic E-state index is 14.0. The fourth-order valence-electron chi connectivity index (χ4n) is 4.95. The molecular formula is C23H30FN3O. The van der Waals surface area contributed by atoms with Gasteiger partial charge in [0, 0.05) is 29.6 Å². The predicted molar refractivity (Wildman–Crippen MR) is 113 cm³/mol. The van der Waals surface area contributed by atoms with Gasteiger partial charge < -0.3 is 21.1 Å². The van der Waals surface area contributed by atoms with Gasteiger partial charge in [0.25, 0.3) is 0 Å². The molecule has 2 aromatic carbocycles. The number of nitrogens with zero attached hydrogens (tertiary/aromatic N) is 1. The molecule has 1 fully saturated rings. The molecule has 2 aromatic rings. The number of halogens is 1. The van der Waals surface area contributed by atoms with Crippen LogP contribution in [0, 0.1) is 5.41 Å². The van der Waals surface area contributed by atoms with E-state index in [0.29, 0.717) is 12.2 Å². The fraction of sp³-hybridized carbons (Fsp3) is 0.478. The fourth-order valence-corrected chi connectivity index (χ4v) is 4.95. The predicted octanol–water partition coefficient (Wildman–Crippen LogP) is 3.95. The Hall–Kier alpha value is -2.27. The number of nitrogen functional groups attached to an aromatic ring is 1. The van der Waals surface area contributed by atoms with Crippen LogP contribution in [0.25, 0.3) is 0 Å². The number of aromatic hydroxyl groups is 1. The zero-order valence-electron chi connectivity index (χ0n) is 16.5. The molecule has 2 aliphatic heterocycles. The topological polar surface area (TPSA) is 61.5 Å². The number of anilines is 2. The van der Waals surface area contributed by atoms with E-state index in [2.05, 4.69) is 16.3 Å². The molecule has 4 rings (SSSR count). The number of benzene rings is 2. The van der Waals surface area contributed by atoms with Crippen molar-refractivity contribution in [3.05, 3.63) is 53.6 Å². The summed E-state index contributed by atoms with van der Waals surface area (Å²) in [6, 6.07) is 13.6. The molecule has 1 unspecified atom stereocenters. The Balaban J connectivity index is 1.43. The number of hydrogen-bond acceptors (Lipinski definition) is 4. The van der Waals surface area contributed by atoms with Gasteiger partial charge in [-0.1, -0.05) is 37.3 Å². The van der Waals surface area contributed by atoms with Gasteiger partial charge in [-0.3, -0.25) is 4.39 Å². The van der Waals surface area contributed by atoms with Gasteiger partial charge in [0.15, 0.2) is 0 Å². The van der Waals surface area contributed by atoms with Crippen molar-refractivity contribution in [3.63, 3.8) is 0 Å². The van der Waals surface area contributed by atoms with E-state index < -0.39 is 5.41 Å². The van der Waals surface area contributed by atoms with Crippen molar-refractivity contribution in [1.29, 1.82) is 0 Å². The standard InChI is InChI=1S/C23H30FN3O/c1-22(14-24,13-17-5-2-3-7-19(17)25)16-27-11-9-23(10-12-27)15-26-21-18(23)6-4-8-20(21)28/h2-8,26,28H,9-16,25H2,1H3. The third kappa shape index (κ3) is 3.44. The largest absolute Gasteiger partial charge is 0.506 e. The minimum atomic E-state index is -0.440. The van der Waals surface area contributed by atoms with Crippen molar-refractivity contribution in [2.24, 2.45) is 5.41 Å². The van der Waals surface area contributed by atoms with Gasteiger partial charge in [0.1, 0.15) is 5.75 Å². The minimum Gasteiger partial charge on any atom is -0.506 e. The normalized spacial score (nSPS) is 20.5. The minimum absolute atomic E-state index is 0.0839. The number of piperidine rings is 1. The molecule has 2 heterocycles. The number of rotatable bonds is 5. The lowest BCUT2D eigenvalue weighted by Gasteiger charge is -2.42. The first-order valence-corrected chi connectivity index (χ1v) is 10.1. The average molecular weight is 384 g/mol. The molecular weight excluding hydrogens is 353 g/mol. The Morgan fingerprint density at radius 1 is 1.18 bits per heavy atom. The van der Waals surface area contributed by atoms with Gasteiger partial charge in [-0.25, -0.2) is 0 Å². The maximum Gasteiger partial charge on any atom is 0.138 e. The summed E-state index contributed by atoms with van der Waals surface area (Å²) >= 11 is 0. The lowest BCUT2D eigenvalue weighted by atomic mass is 9.73. The van der Waals surface area contributed by atoms with Crippen LogP contribution in [0.3, 0.4) is 0 Å². The van der Waals surface area contributed by atoms with Crippen LogP contribution >= 0.6 is 0 Å². The summed E-state index contributed by atoms with van der Waals surface area (Å²) in [5.74, 6) is 0.335. The number of alkyl halides is 1. The number of phenols is 1. The van der Waals surface area contributed by atoms with E-state index in [9.17, 15) is 9.50 Å². The molecule has 0 radical (unpaired) electrons. The number of hydrogen-bond donors (Lipinski definition) is 3. The first kappa shape index (κ1) is 19.1. The molecule has 1 spiro atoms. The number of fused-ring (bicyclic) bond motifs is 2. The van der Waals surface area contributed by atoms with E-state index in [1.807, 2.05) is 37.3 Å². The summed E-state index contributed by atoms with van der Waals surface area (Å²) in [5, 5.41) is 13.5. The molecule has 4 nitrogen and oxygen atoms in total. The van der Waals surface area contributed by atoms with Crippen LogP contribution in [0.1, 0.15) is 30.9 Å². The molecule has 1 atom stereocenters. The number of phenolic OH excluding ortho intramolecular Hbond substituents is 1. The lowest BCUT2D eigenvalue weighted by molar-refractivity contribution is 0.0930. The molecule has 0 saturated carbocycles. The van der Waals surface area contributed by atoms with E-state index in [4.69, 9.17) is 5.73 Å². The van der Waals surface area contributed by atoms with Gasteiger partial charge in [-0.2, -0.15) is 0 Å². The summed E-state index contributed by atoms with van der Waals surface area (Å²) in [6.45, 7) is 5.14. The quantitative estimate of drug-likeness (QED) is 0.540. The number of likely N-dealkylation sites (tertiary alicyclic amines) is 1. The van der Waals surface area contributed by atoms with E-state index in [1.54, 1.807) is 6.07 Å². The van der Waals surface area contributed by atoms with Gasteiger partial charge >= 0.3 is 0 Å². The number of nitrogens with two attached hydrogens (primary N) is 1. The second kappa shape index (κ2) is 7.28. The second-order valence-electron chi connectivity index (χ2n) is 8.93. The smallest absolute Gasteiger partial charge is 0.138 e. The summed E-state index contributed by atoms with van der Waals surface area (Å²) < 4.78 is 14.0. The van der Waals surface area contributed by atoms with Crippen LogP contribution in [0.5, 0.6) is 5.75 Å². The van der Waals surface area contributed by atoms with Crippen molar-refractivity contribution < 1.29 is 9.50 Å². The Kier molecular flexibility index (Phi) is 4.96. The Morgan fingerprint density at radius 3 is 2.64 bits per heavy atom. The molecule has 28 heavy (non-hydrogen) atoms. The monoisotopic (exact) mass is 383 g/mol. The van der Waals surface area contributed by atoms with Crippen LogP contribution in [0.15, 0.2) is 42.5 Å². The summed E-state index contributed by atoms with van der Waals surface area (Å²) in [7, 11) is 0. The van der Waals surface area contributed by atoms with Crippen molar-refractivity contribution in [2.45, 2.75) is 31.6 Å². The van der Waals surface area contributed by atoms with Crippen molar-refractivity contribution in [3.8, 4) is 5.75 Å². The first-order chi connectivity index (χ1) is 13.4. The van der Waals surface area contributed by atoms with Gasteiger partial charge in [-0.15, -0.1) is 0 Å². The molecule has 0 amide bonds. The first-order valence-electron chi connectivity index (χ1n) is 10.1. The second-order valence-corrected chi connectivity index (χ2v) is 8.93. The van der Waals surface area contributed by atoms with Gasteiger partial charge in [0.2, 0.25) is 0 Å². The van der Waals surface area contributed by atoms with Crippen molar-refractivity contribution >= 4 is 11.4 Å². The van der Waals surface area contributed by atoms with Crippen LogP contribution in [-0.4, -0.2) is 42.9 Å². The summed E-state index contributed by atoms with van der Waals surface area (Å²) in [4.78, 5) is 2.39. The Bertz CT molecular complexity index is 847. The summed E-state index contributed by atoms with van der Waals surface area (Å²) in [5.41, 5.74) is 9.63. The van der Waals surface area contributed by atoms with Crippen LogP contribution in [0.4, 0.5) is 15.8 Å². The zero-order valence-corrected chi connectivity index (χ0v) is 16.5. The molecule has 1 saturated heterocycles. The Labute approximate surface area is 166 Å². The SMILES string of the molecule is CC(CF)(Cc1ccccc1N)CN1CCC2(CC1)CNc1c(O)cccc12. The highest BCUT2D eigenvalue weighted by molar-refractivity contribution is 5.68. The molecule has 0 aromatic heterocycles. The van der Waals surface area contributed by atoms with E-state index >= 15 is 0 Å². The summed E-state index contributed by atoms with van der Waals surface area (Å²) in [6.07, 6.45) is 2.69. The number of para-hydroxylation sites is 2. The van der Waals surface area contributed by atoms with Gasteiger partial charge in [-0.05, 0) is 55.6 Å². The van der Waals surface area contributed by atoms with Gasteiger partial charge in [0.05, 0.1) is 12.4 Å². The molecule has 150 valence electrons. The highest BCUT2D eigenvalue weighted by Crippen LogP contribution is 2.47.